The summed E-state index contributed by atoms with van der Waals surface area (Å²) in [5, 5.41) is 3.28. The molecule has 3 heterocycles. The number of aromatic nitrogens is 5. The van der Waals surface area contributed by atoms with Gasteiger partial charge in [0.2, 0.25) is 0 Å². The number of hydrogen-bond donors (Lipinski definition) is 3. The molecule has 0 aliphatic rings. The van der Waals surface area contributed by atoms with Crippen LogP contribution in [0.2, 0.25) is 0 Å². The number of H-pyrrole nitrogens is 2. The zero-order valence-electron chi connectivity index (χ0n) is 14.0. The summed E-state index contributed by atoms with van der Waals surface area (Å²) in [6, 6.07) is 6.10. The number of anilines is 1. The van der Waals surface area contributed by atoms with Gasteiger partial charge in [0.1, 0.15) is 15.4 Å². The highest BCUT2D eigenvalue weighted by molar-refractivity contribution is 9.10. The quantitative estimate of drug-likeness (QED) is 0.346. The second-order valence-corrected chi connectivity index (χ2v) is 7.83. The summed E-state index contributed by atoms with van der Waals surface area (Å²) in [5.41, 5.74) is 6.93. The number of nitrogen functional groups attached to an aromatic ring is 1. The average molecular weight is 457 g/mol. The first-order chi connectivity index (χ1) is 13.5. The van der Waals surface area contributed by atoms with Crippen LogP contribution in [-0.2, 0) is 0 Å². The Labute approximate surface area is 168 Å². The summed E-state index contributed by atoms with van der Waals surface area (Å²) in [7, 11) is 0. The SMILES string of the molecule is Nc1ncc(Br)nc1Sc1nc2c3ccc(F)cc3c3c(=O)[nH]ccc3c2[nH]1. The molecule has 0 saturated heterocycles. The van der Waals surface area contributed by atoms with Crippen molar-refractivity contribution in [2.45, 2.75) is 10.2 Å². The molecule has 7 nitrogen and oxygen atoms in total. The molecule has 0 fully saturated rings. The Morgan fingerprint density at radius 1 is 1.14 bits per heavy atom. The van der Waals surface area contributed by atoms with Crippen molar-refractivity contribution in [3.63, 3.8) is 0 Å². The van der Waals surface area contributed by atoms with Gasteiger partial charge >= 0.3 is 0 Å². The Hall–Kier alpha value is -2.98. The number of fused-ring (bicyclic) bond motifs is 6. The summed E-state index contributed by atoms with van der Waals surface area (Å²) in [6.45, 7) is 0. The van der Waals surface area contributed by atoms with E-state index in [9.17, 15) is 9.18 Å². The van der Waals surface area contributed by atoms with Crippen molar-refractivity contribution in [3.05, 3.63) is 57.4 Å². The molecule has 3 aromatic heterocycles. The van der Waals surface area contributed by atoms with Gasteiger partial charge in [0.05, 0.1) is 22.6 Å². The third-order valence-corrected chi connectivity index (χ3v) is 5.61. The number of rotatable bonds is 2. The maximum absolute atomic E-state index is 13.9. The normalized spacial score (nSPS) is 11.6. The minimum absolute atomic E-state index is 0.280. The average Bonchev–Trinajstić information content (AvgIpc) is 3.08. The van der Waals surface area contributed by atoms with E-state index in [1.165, 1.54) is 30.1 Å². The van der Waals surface area contributed by atoms with Gasteiger partial charge in [-0.25, -0.2) is 19.3 Å². The molecule has 0 amide bonds. The van der Waals surface area contributed by atoms with Crippen LogP contribution in [0.3, 0.4) is 0 Å². The summed E-state index contributed by atoms with van der Waals surface area (Å²) in [5.74, 6) is -0.138. The lowest BCUT2D eigenvalue weighted by molar-refractivity contribution is 0.630. The first-order valence-electron chi connectivity index (χ1n) is 8.09. The van der Waals surface area contributed by atoms with Gasteiger partial charge in [-0.1, -0.05) is 0 Å². The van der Waals surface area contributed by atoms with Crippen LogP contribution >= 0.6 is 27.7 Å². The highest BCUT2D eigenvalue weighted by Gasteiger charge is 2.17. The van der Waals surface area contributed by atoms with Gasteiger partial charge in [0.15, 0.2) is 11.0 Å². The maximum Gasteiger partial charge on any atom is 0.256 e. The van der Waals surface area contributed by atoms with Crippen molar-refractivity contribution in [2.75, 3.05) is 5.73 Å². The fraction of sp³-hybridized carbons (Fsp3) is 0. The van der Waals surface area contributed by atoms with E-state index in [4.69, 9.17) is 5.73 Å². The Morgan fingerprint density at radius 2 is 2.00 bits per heavy atom. The zero-order valence-corrected chi connectivity index (χ0v) is 16.4. The summed E-state index contributed by atoms with van der Waals surface area (Å²) in [4.78, 5) is 31.4. The molecule has 138 valence electrons. The van der Waals surface area contributed by atoms with E-state index in [2.05, 4.69) is 40.8 Å². The number of pyridine rings is 1. The van der Waals surface area contributed by atoms with Crippen LogP contribution in [0.25, 0.3) is 32.6 Å². The van der Waals surface area contributed by atoms with Gasteiger partial charge in [-0.15, -0.1) is 0 Å². The third-order valence-electron chi connectivity index (χ3n) is 4.35. The molecule has 5 aromatic rings. The topological polar surface area (TPSA) is 113 Å². The van der Waals surface area contributed by atoms with E-state index in [-0.39, 0.29) is 11.4 Å². The molecule has 5 rings (SSSR count). The lowest BCUT2D eigenvalue weighted by atomic mass is 10.0. The molecular weight excluding hydrogens is 447 g/mol. The van der Waals surface area contributed by atoms with Crippen molar-refractivity contribution in [3.8, 4) is 0 Å². The molecule has 0 saturated carbocycles. The van der Waals surface area contributed by atoms with Crippen LogP contribution < -0.4 is 11.3 Å². The summed E-state index contributed by atoms with van der Waals surface area (Å²) < 4.78 is 14.4. The Balaban J connectivity index is 1.83. The number of benzene rings is 2. The van der Waals surface area contributed by atoms with Crippen LogP contribution in [0.5, 0.6) is 0 Å². The monoisotopic (exact) mass is 456 g/mol. The molecule has 0 unspecified atom stereocenters. The van der Waals surface area contributed by atoms with Crippen LogP contribution in [0.4, 0.5) is 10.2 Å². The number of nitrogens with zero attached hydrogens (tertiary/aromatic N) is 3. The standard InChI is InChI=1S/C18H10BrFN6OS/c19-11-6-23-15(21)17(24-11)28-18-25-13-8-2-1-7(20)5-10(8)12-9(14(13)26-18)3-4-22-16(12)27/h1-6H,(H2,21,23)(H,22,27)(H,25,26). The molecular formula is C18H10BrFN6OS. The van der Waals surface area contributed by atoms with Crippen LogP contribution in [0, 0.1) is 5.82 Å². The predicted molar refractivity (Wildman–Crippen MR) is 110 cm³/mol. The van der Waals surface area contributed by atoms with Gasteiger partial charge in [0.25, 0.3) is 5.56 Å². The first kappa shape index (κ1) is 17.1. The van der Waals surface area contributed by atoms with E-state index < -0.39 is 5.82 Å². The highest BCUT2D eigenvalue weighted by atomic mass is 79.9. The number of hydrogen-bond acceptors (Lipinski definition) is 6. The molecule has 0 atom stereocenters. The lowest BCUT2D eigenvalue weighted by Gasteiger charge is -2.05. The lowest BCUT2D eigenvalue weighted by Crippen LogP contribution is -2.05. The molecule has 4 N–H and O–H groups in total. The number of imidazole rings is 1. The number of nitrogens with two attached hydrogens (primary N) is 1. The Bertz CT molecular complexity index is 1460. The zero-order chi connectivity index (χ0) is 19.4. The van der Waals surface area contributed by atoms with Gasteiger partial charge in [0, 0.05) is 22.4 Å². The molecule has 0 spiro atoms. The van der Waals surface area contributed by atoms with E-state index in [1.807, 2.05) is 0 Å². The minimum atomic E-state index is -0.418. The molecule has 0 aliphatic heterocycles. The minimum Gasteiger partial charge on any atom is -0.381 e. The smallest absolute Gasteiger partial charge is 0.256 e. The van der Waals surface area contributed by atoms with Crippen LogP contribution in [0.1, 0.15) is 0 Å². The van der Waals surface area contributed by atoms with Crippen LogP contribution in [-0.4, -0.2) is 24.9 Å². The van der Waals surface area contributed by atoms with E-state index in [0.717, 1.165) is 0 Å². The largest absolute Gasteiger partial charge is 0.381 e. The Kier molecular flexibility index (Phi) is 3.84. The highest BCUT2D eigenvalue weighted by Crippen LogP contribution is 2.36. The van der Waals surface area contributed by atoms with E-state index >= 15 is 0 Å². The van der Waals surface area contributed by atoms with Crippen molar-refractivity contribution < 1.29 is 4.39 Å². The van der Waals surface area contributed by atoms with Crippen molar-refractivity contribution in [1.29, 1.82) is 0 Å². The molecule has 0 bridgehead atoms. The molecule has 10 heteroatoms. The van der Waals surface area contributed by atoms with Gasteiger partial charge in [-0.3, -0.25) is 4.79 Å². The molecule has 0 radical (unpaired) electrons. The van der Waals surface area contributed by atoms with Gasteiger partial charge < -0.3 is 15.7 Å². The summed E-state index contributed by atoms with van der Waals surface area (Å²) in [6.07, 6.45) is 3.07. The van der Waals surface area contributed by atoms with Crippen LogP contribution in [0.15, 0.2) is 56.2 Å². The van der Waals surface area contributed by atoms with Crippen molar-refractivity contribution in [1.82, 2.24) is 24.9 Å². The number of halogens is 2. The fourth-order valence-corrected chi connectivity index (χ4v) is 4.37. The first-order valence-corrected chi connectivity index (χ1v) is 9.70. The van der Waals surface area contributed by atoms with Gasteiger partial charge in [-0.2, -0.15) is 0 Å². The second kappa shape index (κ2) is 6.28. The predicted octanol–water partition coefficient (Wildman–Crippen LogP) is 3.98. The number of nitrogens with one attached hydrogen (secondary N) is 2. The van der Waals surface area contributed by atoms with Gasteiger partial charge in [-0.05, 0) is 52.0 Å². The molecule has 0 aliphatic carbocycles. The number of aromatic amines is 2. The van der Waals surface area contributed by atoms with Crippen molar-refractivity contribution >= 4 is 66.1 Å². The Morgan fingerprint density at radius 3 is 2.86 bits per heavy atom. The maximum atomic E-state index is 13.9. The molecule has 28 heavy (non-hydrogen) atoms. The van der Waals surface area contributed by atoms with Crippen molar-refractivity contribution in [2.24, 2.45) is 0 Å². The molecule has 2 aromatic carbocycles. The van der Waals surface area contributed by atoms with E-state index in [0.29, 0.717) is 47.4 Å². The summed E-state index contributed by atoms with van der Waals surface area (Å²) >= 11 is 4.50. The second-order valence-electron chi connectivity index (χ2n) is 6.04. The fourth-order valence-electron chi connectivity index (χ4n) is 3.20. The van der Waals surface area contributed by atoms with E-state index in [1.54, 1.807) is 18.3 Å². The third kappa shape index (κ3) is 2.64.